The number of rotatable bonds is 2. The van der Waals surface area contributed by atoms with Crippen LogP contribution in [0, 0.1) is 6.92 Å². The molecule has 2 aromatic heterocycles. The zero-order chi connectivity index (χ0) is 13.1. The highest BCUT2D eigenvalue weighted by molar-refractivity contribution is 5.62. The summed E-state index contributed by atoms with van der Waals surface area (Å²) in [5.74, 6) is 0.748. The Balaban J connectivity index is 1.93. The van der Waals surface area contributed by atoms with E-state index in [-0.39, 0.29) is 0 Å². The van der Waals surface area contributed by atoms with Gasteiger partial charge in [0.2, 0.25) is 0 Å². The van der Waals surface area contributed by atoms with Crippen LogP contribution in [0.2, 0.25) is 0 Å². The van der Waals surface area contributed by atoms with Crippen molar-refractivity contribution < 1.29 is 0 Å². The van der Waals surface area contributed by atoms with Gasteiger partial charge in [0.05, 0.1) is 11.4 Å². The minimum atomic E-state index is 0.748. The van der Waals surface area contributed by atoms with Crippen LogP contribution in [-0.4, -0.2) is 20.2 Å². The summed E-state index contributed by atoms with van der Waals surface area (Å²) in [5, 5.41) is 8.47. The summed E-state index contributed by atoms with van der Waals surface area (Å²) in [6, 6.07) is 13.9. The first-order valence-corrected chi connectivity index (χ1v) is 6.01. The van der Waals surface area contributed by atoms with Crippen molar-refractivity contribution in [2.45, 2.75) is 6.92 Å². The Hall–Kier alpha value is -2.62. The Bertz CT molecular complexity index is 661. The zero-order valence-corrected chi connectivity index (χ0v) is 10.5. The van der Waals surface area contributed by atoms with Gasteiger partial charge in [0, 0.05) is 23.5 Å². The molecular weight excluding hydrogens is 236 g/mol. The molecule has 4 nitrogen and oxygen atoms in total. The van der Waals surface area contributed by atoms with Crippen molar-refractivity contribution in [2.75, 3.05) is 0 Å². The number of aromatic nitrogens is 4. The maximum absolute atomic E-state index is 4.24. The van der Waals surface area contributed by atoms with E-state index in [2.05, 4.69) is 20.2 Å². The molecule has 0 aliphatic rings. The first kappa shape index (κ1) is 11.5. The first-order valence-electron chi connectivity index (χ1n) is 6.01. The lowest BCUT2D eigenvalue weighted by Gasteiger charge is -2.02. The normalized spacial score (nSPS) is 10.4. The van der Waals surface area contributed by atoms with E-state index in [9.17, 15) is 0 Å². The smallest absolute Gasteiger partial charge is 0.125 e. The van der Waals surface area contributed by atoms with E-state index < -0.39 is 0 Å². The molecule has 0 N–H and O–H groups in total. The van der Waals surface area contributed by atoms with Gasteiger partial charge in [-0.3, -0.25) is 0 Å². The monoisotopic (exact) mass is 248 g/mol. The fourth-order valence-electron chi connectivity index (χ4n) is 1.77. The van der Waals surface area contributed by atoms with Gasteiger partial charge >= 0.3 is 0 Å². The summed E-state index contributed by atoms with van der Waals surface area (Å²) >= 11 is 0. The van der Waals surface area contributed by atoms with Crippen LogP contribution in [0.3, 0.4) is 0 Å². The van der Waals surface area contributed by atoms with Crippen molar-refractivity contribution in [3.05, 3.63) is 60.7 Å². The summed E-state index contributed by atoms with van der Waals surface area (Å²) < 4.78 is 0. The molecule has 0 atom stereocenters. The molecule has 92 valence electrons. The fourth-order valence-corrected chi connectivity index (χ4v) is 1.77. The first-order chi connectivity index (χ1) is 9.33. The minimum Gasteiger partial charge on any atom is -0.241 e. The summed E-state index contributed by atoms with van der Waals surface area (Å²) in [7, 11) is 0. The molecule has 0 radical (unpaired) electrons. The van der Waals surface area contributed by atoms with Crippen molar-refractivity contribution in [3.63, 3.8) is 0 Å². The molecule has 0 aliphatic carbocycles. The lowest BCUT2D eigenvalue weighted by atomic mass is 10.1. The molecule has 0 bridgehead atoms. The van der Waals surface area contributed by atoms with Crippen molar-refractivity contribution >= 4 is 0 Å². The molecule has 4 heteroatoms. The van der Waals surface area contributed by atoms with E-state index in [1.54, 1.807) is 12.4 Å². The zero-order valence-electron chi connectivity index (χ0n) is 10.5. The fraction of sp³-hybridized carbons (Fsp3) is 0.0667. The van der Waals surface area contributed by atoms with Crippen LogP contribution >= 0.6 is 0 Å². The topological polar surface area (TPSA) is 51.6 Å². The quantitative estimate of drug-likeness (QED) is 0.699. The van der Waals surface area contributed by atoms with Gasteiger partial charge in [-0.05, 0) is 19.1 Å². The average molecular weight is 248 g/mol. The average Bonchev–Trinajstić information content (AvgIpc) is 2.49. The predicted molar refractivity (Wildman–Crippen MR) is 73.2 cm³/mol. The van der Waals surface area contributed by atoms with Crippen molar-refractivity contribution in [1.29, 1.82) is 0 Å². The summed E-state index contributed by atoms with van der Waals surface area (Å²) in [4.78, 5) is 8.31. The van der Waals surface area contributed by atoms with Gasteiger partial charge in [-0.25, -0.2) is 9.97 Å². The van der Waals surface area contributed by atoms with Crippen LogP contribution in [0.15, 0.2) is 54.9 Å². The van der Waals surface area contributed by atoms with Gasteiger partial charge in [0.25, 0.3) is 0 Å². The number of benzene rings is 1. The molecule has 0 saturated carbocycles. The molecule has 0 amide bonds. The van der Waals surface area contributed by atoms with Crippen LogP contribution in [0.5, 0.6) is 0 Å². The van der Waals surface area contributed by atoms with Crippen LogP contribution in [0.25, 0.3) is 22.5 Å². The number of hydrogen-bond donors (Lipinski definition) is 0. The third-order valence-corrected chi connectivity index (χ3v) is 2.81. The molecule has 2 heterocycles. The van der Waals surface area contributed by atoms with E-state index in [4.69, 9.17) is 0 Å². The largest absolute Gasteiger partial charge is 0.241 e. The molecule has 0 spiro atoms. The summed E-state index contributed by atoms with van der Waals surface area (Å²) in [6.45, 7) is 1.86. The maximum atomic E-state index is 4.24. The van der Waals surface area contributed by atoms with Gasteiger partial charge < -0.3 is 0 Å². The Kier molecular flexibility index (Phi) is 2.98. The van der Waals surface area contributed by atoms with Gasteiger partial charge in [0.1, 0.15) is 5.82 Å². The summed E-state index contributed by atoms with van der Waals surface area (Å²) in [6.07, 6.45) is 3.52. The van der Waals surface area contributed by atoms with Crippen LogP contribution in [-0.2, 0) is 0 Å². The van der Waals surface area contributed by atoms with E-state index >= 15 is 0 Å². The molecule has 0 aliphatic heterocycles. The van der Waals surface area contributed by atoms with E-state index in [0.717, 1.165) is 28.3 Å². The molecule has 19 heavy (non-hydrogen) atoms. The lowest BCUT2D eigenvalue weighted by Crippen LogP contribution is -1.93. The maximum Gasteiger partial charge on any atom is 0.125 e. The molecule has 0 saturated heterocycles. The number of nitrogens with zero attached hydrogens (tertiary/aromatic N) is 4. The third-order valence-electron chi connectivity index (χ3n) is 2.81. The predicted octanol–water partition coefficient (Wildman–Crippen LogP) is 2.91. The second-order valence-electron chi connectivity index (χ2n) is 4.19. The highest BCUT2D eigenvalue weighted by atomic mass is 15.1. The summed E-state index contributed by atoms with van der Waals surface area (Å²) in [5.41, 5.74) is 3.57. The van der Waals surface area contributed by atoms with E-state index in [1.807, 2.05) is 49.4 Å². The Morgan fingerprint density at radius 2 is 1.26 bits per heavy atom. The van der Waals surface area contributed by atoms with Crippen molar-refractivity contribution in [1.82, 2.24) is 20.2 Å². The molecule has 3 rings (SSSR count). The molecule has 1 aromatic carbocycles. The van der Waals surface area contributed by atoms with Gasteiger partial charge in [0.15, 0.2) is 0 Å². The minimum absolute atomic E-state index is 0.748. The van der Waals surface area contributed by atoms with Crippen molar-refractivity contribution in [2.24, 2.45) is 0 Å². The van der Waals surface area contributed by atoms with Crippen molar-refractivity contribution in [3.8, 4) is 22.5 Å². The second kappa shape index (κ2) is 4.94. The van der Waals surface area contributed by atoms with Crippen LogP contribution in [0.4, 0.5) is 0 Å². The second-order valence-corrected chi connectivity index (χ2v) is 4.19. The Morgan fingerprint density at radius 3 is 1.84 bits per heavy atom. The van der Waals surface area contributed by atoms with E-state index in [1.165, 1.54) is 0 Å². The third kappa shape index (κ3) is 2.47. The van der Waals surface area contributed by atoms with Gasteiger partial charge in [-0.1, -0.05) is 30.3 Å². The van der Waals surface area contributed by atoms with Gasteiger partial charge in [-0.15, -0.1) is 10.2 Å². The molecule has 0 fully saturated rings. The van der Waals surface area contributed by atoms with Crippen LogP contribution < -0.4 is 0 Å². The highest BCUT2D eigenvalue weighted by Gasteiger charge is 2.03. The highest BCUT2D eigenvalue weighted by Crippen LogP contribution is 2.19. The number of hydrogen-bond acceptors (Lipinski definition) is 4. The molecular formula is C15H12N4. The SMILES string of the molecule is Cc1ncc(-c2ccc(-c3ccccc3)nn2)cn1. The lowest BCUT2D eigenvalue weighted by molar-refractivity contribution is 1.02. The Morgan fingerprint density at radius 1 is 0.684 bits per heavy atom. The molecule has 3 aromatic rings. The standard InChI is InChI=1S/C15H12N4/c1-11-16-9-13(10-17-11)15-8-7-14(18-19-15)12-5-3-2-4-6-12/h2-10H,1H3. The van der Waals surface area contributed by atoms with Gasteiger partial charge in [-0.2, -0.15) is 0 Å². The van der Waals surface area contributed by atoms with E-state index in [0.29, 0.717) is 0 Å². The number of aryl methyl sites for hydroxylation is 1. The van der Waals surface area contributed by atoms with Crippen LogP contribution in [0.1, 0.15) is 5.82 Å². The Labute approximate surface area is 111 Å². The molecule has 0 unspecified atom stereocenters.